The van der Waals surface area contributed by atoms with Crippen LogP contribution in [0.5, 0.6) is 5.88 Å². The predicted octanol–water partition coefficient (Wildman–Crippen LogP) is 3.73. The van der Waals surface area contributed by atoms with Crippen LogP contribution in [0, 0.1) is 12.3 Å². The highest BCUT2D eigenvalue weighted by atomic mass is 32.1. The first-order chi connectivity index (χ1) is 16.4. The maximum Gasteiger partial charge on any atom is 0.264 e. The number of benzene rings is 1. The van der Waals surface area contributed by atoms with Crippen molar-refractivity contribution in [3.63, 3.8) is 0 Å². The molecule has 1 spiro atoms. The van der Waals surface area contributed by atoms with E-state index in [1.165, 1.54) is 11.3 Å². The predicted molar refractivity (Wildman–Crippen MR) is 127 cm³/mol. The largest absolute Gasteiger partial charge is 0.473 e. The number of rotatable bonds is 7. The number of thiazole rings is 1. The van der Waals surface area contributed by atoms with Gasteiger partial charge < -0.3 is 15.8 Å². The molecular formula is C25H27N5O3S. The monoisotopic (exact) mass is 477 g/mol. The van der Waals surface area contributed by atoms with Crippen LogP contribution in [0.25, 0.3) is 5.69 Å². The minimum absolute atomic E-state index is 0.0512. The van der Waals surface area contributed by atoms with Crippen LogP contribution in [-0.4, -0.2) is 38.7 Å². The van der Waals surface area contributed by atoms with E-state index in [0.717, 1.165) is 54.9 Å². The zero-order valence-electron chi connectivity index (χ0n) is 19.0. The lowest BCUT2D eigenvalue weighted by atomic mass is 9.53. The summed E-state index contributed by atoms with van der Waals surface area (Å²) in [5, 5.41) is 8.54. The van der Waals surface area contributed by atoms with E-state index in [-0.39, 0.29) is 23.5 Å². The van der Waals surface area contributed by atoms with Gasteiger partial charge in [0.05, 0.1) is 23.1 Å². The molecule has 176 valence electrons. The molecule has 3 aliphatic rings. The second-order valence-electron chi connectivity index (χ2n) is 9.94. The van der Waals surface area contributed by atoms with Crippen molar-refractivity contribution >= 4 is 23.2 Å². The first-order valence-corrected chi connectivity index (χ1v) is 12.6. The number of hydrogen-bond acceptors (Lipinski definition) is 6. The lowest BCUT2D eigenvalue weighted by molar-refractivity contribution is -0.0846. The minimum Gasteiger partial charge on any atom is -0.473 e. The number of nitrogens with two attached hydrogens (primary N) is 1. The van der Waals surface area contributed by atoms with Crippen LogP contribution in [0.2, 0.25) is 0 Å². The van der Waals surface area contributed by atoms with E-state index in [1.807, 2.05) is 37.3 Å². The Kier molecular flexibility index (Phi) is 4.98. The lowest BCUT2D eigenvalue weighted by Crippen LogP contribution is -2.58. The summed E-state index contributed by atoms with van der Waals surface area (Å²) in [6.45, 7) is 1.92. The summed E-state index contributed by atoms with van der Waals surface area (Å²) >= 11 is 1.38. The minimum atomic E-state index is -0.467. The van der Waals surface area contributed by atoms with Crippen molar-refractivity contribution in [3.05, 3.63) is 57.7 Å². The number of aromatic nitrogens is 3. The van der Waals surface area contributed by atoms with Gasteiger partial charge >= 0.3 is 0 Å². The summed E-state index contributed by atoms with van der Waals surface area (Å²) in [5.41, 5.74) is 8.12. The lowest BCUT2D eigenvalue weighted by Gasteiger charge is -2.57. The van der Waals surface area contributed by atoms with Crippen LogP contribution >= 0.6 is 11.3 Å². The van der Waals surface area contributed by atoms with Crippen molar-refractivity contribution < 1.29 is 14.3 Å². The van der Waals surface area contributed by atoms with Gasteiger partial charge in [-0.1, -0.05) is 18.2 Å². The first kappa shape index (κ1) is 21.3. The fourth-order valence-electron chi connectivity index (χ4n) is 5.36. The molecule has 0 bridgehead atoms. The standard InChI is InChI=1S/C25H27N5O3S/c1-14-19(13-27-30(14)17-5-3-2-4-6-17)22(32)28-16-9-25(10-16)11-18(12-25)33-23-20(21(26)31)34-24(29-23)15-7-8-15/h2-6,13,15-16,18H,7-12H2,1H3,(H2,26,31)(H,28,32)/t16-,18-,25?. The van der Waals surface area contributed by atoms with E-state index in [2.05, 4.69) is 15.4 Å². The van der Waals surface area contributed by atoms with Crippen molar-refractivity contribution in [3.8, 4) is 11.6 Å². The topological polar surface area (TPSA) is 112 Å². The quantitative estimate of drug-likeness (QED) is 0.538. The molecule has 3 N–H and O–H groups in total. The average molecular weight is 478 g/mol. The maximum absolute atomic E-state index is 12.9. The molecule has 34 heavy (non-hydrogen) atoms. The Morgan fingerprint density at radius 3 is 2.59 bits per heavy atom. The number of ether oxygens (including phenoxy) is 1. The molecule has 2 heterocycles. The van der Waals surface area contributed by atoms with E-state index in [4.69, 9.17) is 10.5 Å². The molecule has 0 atom stereocenters. The zero-order valence-corrected chi connectivity index (χ0v) is 19.8. The van der Waals surface area contributed by atoms with Gasteiger partial charge in [-0.15, -0.1) is 11.3 Å². The molecule has 2 aromatic heterocycles. The van der Waals surface area contributed by atoms with E-state index < -0.39 is 5.91 Å². The van der Waals surface area contributed by atoms with Gasteiger partial charge in [0.2, 0.25) is 5.88 Å². The number of carbonyl (C=O) groups is 2. The summed E-state index contributed by atoms with van der Waals surface area (Å²) in [5.74, 6) is 0.334. The number of amides is 2. The normalized spacial score (nSPS) is 25.4. The van der Waals surface area contributed by atoms with Crippen molar-refractivity contribution in [2.75, 3.05) is 0 Å². The number of para-hydroxylation sites is 1. The van der Waals surface area contributed by atoms with Crippen molar-refractivity contribution in [2.24, 2.45) is 11.1 Å². The fraction of sp³-hybridized carbons (Fsp3) is 0.440. The Balaban J connectivity index is 1.02. The smallest absolute Gasteiger partial charge is 0.264 e. The second kappa shape index (κ2) is 7.94. The van der Waals surface area contributed by atoms with Gasteiger partial charge in [-0.3, -0.25) is 9.59 Å². The van der Waals surface area contributed by atoms with Gasteiger partial charge in [0, 0.05) is 12.0 Å². The second-order valence-corrected chi connectivity index (χ2v) is 11.0. The molecule has 0 saturated heterocycles. The molecule has 0 aliphatic heterocycles. The van der Waals surface area contributed by atoms with Gasteiger partial charge in [0.15, 0.2) is 4.88 Å². The van der Waals surface area contributed by atoms with E-state index in [1.54, 1.807) is 10.9 Å². The number of nitrogens with zero attached hydrogens (tertiary/aromatic N) is 3. The summed E-state index contributed by atoms with van der Waals surface area (Å²) in [4.78, 5) is 29.7. The SMILES string of the molecule is Cc1c(C(=O)N[C@H]2CC3(C2)C[C@H](Oc2nc(C4CC4)sc2C(N)=O)C3)cnn1-c1ccccc1. The molecule has 3 fully saturated rings. The van der Waals surface area contributed by atoms with Crippen molar-refractivity contribution in [2.45, 2.75) is 63.5 Å². The number of carbonyl (C=O) groups excluding carboxylic acids is 2. The van der Waals surface area contributed by atoms with Gasteiger partial charge in [0.1, 0.15) is 11.1 Å². The first-order valence-electron chi connectivity index (χ1n) is 11.8. The highest BCUT2D eigenvalue weighted by Gasteiger charge is 2.54. The third-order valence-corrected chi connectivity index (χ3v) is 8.53. The van der Waals surface area contributed by atoms with Crippen LogP contribution in [0.4, 0.5) is 0 Å². The highest BCUT2D eigenvalue weighted by Crippen LogP contribution is 2.57. The maximum atomic E-state index is 12.9. The summed E-state index contributed by atoms with van der Waals surface area (Å²) in [6, 6.07) is 9.96. The van der Waals surface area contributed by atoms with Gasteiger partial charge in [0.25, 0.3) is 11.8 Å². The van der Waals surface area contributed by atoms with Crippen LogP contribution in [0.1, 0.15) is 75.2 Å². The Hall–Kier alpha value is -3.20. The van der Waals surface area contributed by atoms with Crippen LogP contribution < -0.4 is 15.8 Å². The molecule has 8 nitrogen and oxygen atoms in total. The number of hydrogen-bond donors (Lipinski definition) is 2. The zero-order chi connectivity index (χ0) is 23.4. The molecule has 6 rings (SSSR count). The molecule has 3 saturated carbocycles. The van der Waals surface area contributed by atoms with E-state index in [0.29, 0.717) is 22.2 Å². The molecule has 1 aromatic carbocycles. The van der Waals surface area contributed by atoms with Gasteiger partial charge in [-0.05, 0) is 63.0 Å². The molecule has 0 radical (unpaired) electrons. The Morgan fingerprint density at radius 1 is 1.18 bits per heavy atom. The number of primary amides is 1. The Bertz CT molecular complexity index is 1250. The third-order valence-electron chi connectivity index (χ3n) is 7.31. The van der Waals surface area contributed by atoms with Crippen molar-refractivity contribution in [1.29, 1.82) is 0 Å². The van der Waals surface area contributed by atoms with Gasteiger partial charge in [-0.2, -0.15) is 5.10 Å². The van der Waals surface area contributed by atoms with Crippen LogP contribution in [0.15, 0.2) is 36.5 Å². The molecule has 2 amide bonds. The summed E-state index contributed by atoms with van der Waals surface area (Å²) in [6.07, 6.45) is 7.65. The van der Waals surface area contributed by atoms with Crippen LogP contribution in [-0.2, 0) is 0 Å². The fourth-order valence-corrected chi connectivity index (χ4v) is 6.38. The van der Waals surface area contributed by atoms with E-state index >= 15 is 0 Å². The molecule has 3 aliphatic carbocycles. The Morgan fingerprint density at radius 2 is 1.91 bits per heavy atom. The molecule has 0 unspecified atom stereocenters. The van der Waals surface area contributed by atoms with E-state index in [9.17, 15) is 9.59 Å². The number of nitrogens with one attached hydrogen (secondary N) is 1. The molecule has 9 heteroatoms. The highest BCUT2D eigenvalue weighted by molar-refractivity contribution is 7.14. The third kappa shape index (κ3) is 3.77. The van der Waals surface area contributed by atoms with Crippen LogP contribution in [0.3, 0.4) is 0 Å². The summed E-state index contributed by atoms with van der Waals surface area (Å²) in [7, 11) is 0. The summed E-state index contributed by atoms with van der Waals surface area (Å²) < 4.78 is 7.87. The Labute approximate surface area is 201 Å². The average Bonchev–Trinajstić information content (AvgIpc) is 3.42. The van der Waals surface area contributed by atoms with Crippen molar-refractivity contribution in [1.82, 2.24) is 20.1 Å². The van der Waals surface area contributed by atoms with Gasteiger partial charge in [-0.25, -0.2) is 9.67 Å². The molecule has 3 aromatic rings. The molecular weight excluding hydrogens is 450 g/mol.